The number of alkyl halides is 3. The first-order chi connectivity index (χ1) is 7.96. The van der Waals surface area contributed by atoms with Gasteiger partial charge in [-0.25, -0.2) is 4.98 Å². The molecule has 0 spiro atoms. The molecular weight excluding hydrogens is 233 g/mol. The number of hydrogen-bond donors (Lipinski definition) is 1. The normalized spacial score (nSPS) is 11.6. The predicted molar refractivity (Wildman–Crippen MR) is 58.7 cm³/mol. The molecule has 1 N–H and O–H groups in total. The van der Waals surface area contributed by atoms with E-state index in [0.717, 1.165) is 4.90 Å². The van der Waals surface area contributed by atoms with E-state index in [9.17, 15) is 13.2 Å². The zero-order valence-corrected chi connectivity index (χ0v) is 9.75. The molecule has 1 aromatic rings. The van der Waals surface area contributed by atoms with Gasteiger partial charge in [-0.05, 0) is 14.0 Å². The van der Waals surface area contributed by atoms with Gasteiger partial charge < -0.3 is 10.2 Å². The molecule has 7 heteroatoms. The Kier molecular flexibility index (Phi) is 4.68. The molecule has 0 amide bonds. The van der Waals surface area contributed by atoms with Gasteiger partial charge in [0, 0.05) is 19.3 Å². The average Bonchev–Trinajstić information content (AvgIpc) is 2.25. The Morgan fingerprint density at radius 3 is 2.59 bits per heavy atom. The highest BCUT2D eigenvalue weighted by Crippen LogP contribution is 2.20. The van der Waals surface area contributed by atoms with E-state index in [4.69, 9.17) is 0 Å². The Balaban J connectivity index is 2.84. The number of nitrogens with one attached hydrogen (secondary N) is 1. The van der Waals surface area contributed by atoms with Crippen molar-refractivity contribution in [3.8, 4) is 0 Å². The molecule has 0 radical (unpaired) electrons. The van der Waals surface area contributed by atoms with Gasteiger partial charge in [-0.15, -0.1) is 0 Å². The Bertz CT molecular complexity index is 354. The van der Waals surface area contributed by atoms with Crippen molar-refractivity contribution in [2.24, 2.45) is 0 Å². The molecule has 0 aliphatic carbocycles. The second-order valence-electron chi connectivity index (χ2n) is 3.53. The molecule has 0 atom stereocenters. The third-order valence-corrected chi connectivity index (χ3v) is 2.11. The van der Waals surface area contributed by atoms with Gasteiger partial charge in [-0.1, -0.05) is 0 Å². The summed E-state index contributed by atoms with van der Waals surface area (Å²) in [5.74, 6) is 0.248. The smallest absolute Gasteiger partial charge is 0.347 e. The molecule has 0 aliphatic rings. The first-order valence-electron chi connectivity index (χ1n) is 5.23. The van der Waals surface area contributed by atoms with Crippen molar-refractivity contribution < 1.29 is 13.2 Å². The van der Waals surface area contributed by atoms with Crippen LogP contribution in [0.3, 0.4) is 0 Å². The molecule has 96 valence electrons. The average molecular weight is 248 g/mol. The van der Waals surface area contributed by atoms with Crippen LogP contribution in [-0.2, 0) is 6.54 Å². The molecule has 0 saturated carbocycles. The topological polar surface area (TPSA) is 41.1 Å². The molecule has 1 aromatic heterocycles. The summed E-state index contributed by atoms with van der Waals surface area (Å²) >= 11 is 0. The fourth-order valence-electron chi connectivity index (χ4n) is 1.38. The van der Waals surface area contributed by atoms with Crippen LogP contribution in [0.4, 0.5) is 19.0 Å². The summed E-state index contributed by atoms with van der Waals surface area (Å²) in [7, 11) is 1.74. The summed E-state index contributed by atoms with van der Waals surface area (Å²) in [6, 6.07) is 0. The maximum atomic E-state index is 12.3. The van der Waals surface area contributed by atoms with Crippen LogP contribution >= 0.6 is 0 Å². The summed E-state index contributed by atoms with van der Waals surface area (Å²) in [5.41, 5.74) is 0.616. The fourth-order valence-corrected chi connectivity index (χ4v) is 1.38. The summed E-state index contributed by atoms with van der Waals surface area (Å²) in [6.07, 6.45) is -1.37. The molecule has 0 unspecified atom stereocenters. The summed E-state index contributed by atoms with van der Waals surface area (Å²) < 4.78 is 37.0. The molecular formula is C10H15F3N4. The van der Waals surface area contributed by atoms with E-state index in [1.807, 2.05) is 0 Å². The van der Waals surface area contributed by atoms with Gasteiger partial charge in [0.1, 0.15) is 12.4 Å². The lowest BCUT2D eigenvalue weighted by atomic mass is 10.4. The van der Waals surface area contributed by atoms with Crippen molar-refractivity contribution in [2.45, 2.75) is 19.6 Å². The minimum absolute atomic E-state index is 0.233. The van der Waals surface area contributed by atoms with Gasteiger partial charge in [-0.3, -0.25) is 4.98 Å². The van der Waals surface area contributed by atoms with Crippen LogP contribution in [0.1, 0.15) is 12.6 Å². The molecule has 17 heavy (non-hydrogen) atoms. The third-order valence-electron chi connectivity index (χ3n) is 2.11. The first-order valence-corrected chi connectivity index (χ1v) is 5.23. The van der Waals surface area contributed by atoms with Gasteiger partial charge in [0.25, 0.3) is 0 Å². The van der Waals surface area contributed by atoms with Crippen LogP contribution in [0.5, 0.6) is 0 Å². The maximum absolute atomic E-state index is 12.3. The molecule has 0 fully saturated rings. The van der Waals surface area contributed by atoms with Crippen LogP contribution < -0.4 is 10.2 Å². The summed E-state index contributed by atoms with van der Waals surface area (Å²) in [4.78, 5) is 9.15. The van der Waals surface area contributed by atoms with E-state index >= 15 is 0 Å². The van der Waals surface area contributed by atoms with Crippen LogP contribution in [0.25, 0.3) is 0 Å². The van der Waals surface area contributed by atoms with Crippen LogP contribution in [0.15, 0.2) is 12.4 Å². The third kappa shape index (κ3) is 4.56. The summed E-state index contributed by atoms with van der Waals surface area (Å²) in [5, 5.41) is 2.87. The number of rotatable bonds is 5. The van der Waals surface area contributed by atoms with Gasteiger partial charge in [0.15, 0.2) is 0 Å². The predicted octanol–water partition coefficient (Wildman–Crippen LogP) is 1.58. The lowest BCUT2D eigenvalue weighted by molar-refractivity contribution is -0.119. The maximum Gasteiger partial charge on any atom is 0.405 e. The second kappa shape index (κ2) is 5.81. The van der Waals surface area contributed by atoms with Crippen LogP contribution in [0.2, 0.25) is 0 Å². The molecule has 4 nitrogen and oxygen atoms in total. The largest absolute Gasteiger partial charge is 0.405 e. The Morgan fingerprint density at radius 2 is 2.06 bits per heavy atom. The van der Waals surface area contributed by atoms with Crippen molar-refractivity contribution in [3.63, 3.8) is 0 Å². The fraction of sp³-hybridized carbons (Fsp3) is 0.600. The van der Waals surface area contributed by atoms with E-state index in [1.165, 1.54) is 12.4 Å². The van der Waals surface area contributed by atoms with E-state index < -0.39 is 12.7 Å². The molecule has 0 aromatic carbocycles. The summed E-state index contributed by atoms with van der Waals surface area (Å²) in [6.45, 7) is 1.35. The molecule has 0 saturated heterocycles. The Morgan fingerprint density at radius 1 is 1.35 bits per heavy atom. The Labute approximate surface area is 97.9 Å². The monoisotopic (exact) mass is 248 g/mol. The lowest BCUT2D eigenvalue weighted by Gasteiger charge is -2.23. The van der Waals surface area contributed by atoms with Crippen molar-refractivity contribution in [3.05, 3.63) is 18.1 Å². The van der Waals surface area contributed by atoms with E-state index in [0.29, 0.717) is 12.2 Å². The molecule has 1 rings (SSSR count). The van der Waals surface area contributed by atoms with E-state index in [2.05, 4.69) is 15.3 Å². The van der Waals surface area contributed by atoms with Crippen LogP contribution in [0, 0.1) is 0 Å². The number of halogens is 3. The van der Waals surface area contributed by atoms with Crippen molar-refractivity contribution in [2.75, 3.05) is 25.0 Å². The van der Waals surface area contributed by atoms with Gasteiger partial charge in [0.2, 0.25) is 0 Å². The van der Waals surface area contributed by atoms with E-state index in [1.54, 1.807) is 14.0 Å². The highest BCUT2D eigenvalue weighted by molar-refractivity contribution is 5.36. The second-order valence-corrected chi connectivity index (χ2v) is 3.53. The van der Waals surface area contributed by atoms with Crippen molar-refractivity contribution in [1.29, 1.82) is 0 Å². The van der Waals surface area contributed by atoms with E-state index in [-0.39, 0.29) is 12.4 Å². The van der Waals surface area contributed by atoms with Gasteiger partial charge in [-0.2, -0.15) is 13.2 Å². The number of nitrogens with zero attached hydrogens (tertiary/aromatic N) is 3. The van der Waals surface area contributed by atoms with Crippen LogP contribution in [-0.4, -0.2) is 36.3 Å². The highest BCUT2D eigenvalue weighted by Gasteiger charge is 2.30. The Hall–Kier alpha value is -1.37. The zero-order chi connectivity index (χ0) is 12.9. The van der Waals surface area contributed by atoms with Crippen molar-refractivity contribution >= 4 is 5.82 Å². The van der Waals surface area contributed by atoms with Gasteiger partial charge >= 0.3 is 6.18 Å². The standard InChI is InChI=1S/C10H15F3N4/c1-3-17(7-10(11,12)13)9-6-15-5-8(16-9)4-14-2/h5-6,14H,3-4,7H2,1-2H3. The first kappa shape index (κ1) is 13.7. The number of aromatic nitrogens is 2. The van der Waals surface area contributed by atoms with Crippen molar-refractivity contribution in [1.82, 2.24) is 15.3 Å². The molecule has 1 heterocycles. The number of anilines is 1. The zero-order valence-electron chi connectivity index (χ0n) is 9.75. The highest BCUT2D eigenvalue weighted by atomic mass is 19.4. The lowest BCUT2D eigenvalue weighted by Crippen LogP contribution is -2.34. The SMILES string of the molecule is CCN(CC(F)(F)F)c1cncc(CNC)n1. The molecule has 0 bridgehead atoms. The minimum atomic E-state index is -4.24. The molecule has 0 aliphatic heterocycles. The van der Waals surface area contributed by atoms with Gasteiger partial charge in [0.05, 0.1) is 11.9 Å². The number of hydrogen-bond acceptors (Lipinski definition) is 4. The quantitative estimate of drug-likeness (QED) is 0.859. The minimum Gasteiger partial charge on any atom is -0.347 e.